The Morgan fingerprint density at radius 2 is 2.29 bits per heavy atom. The van der Waals surface area contributed by atoms with Gasteiger partial charge in [0.15, 0.2) is 11.5 Å². The van der Waals surface area contributed by atoms with E-state index >= 15 is 0 Å². The Balaban J connectivity index is 2.09. The minimum absolute atomic E-state index is 0.182. The van der Waals surface area contributed by atoms with E-state index in [4.69, 9.17) is 25.8 Å². The van der Waals surface area contributed by atoms with E-state index in [2.05, 4.69) is 12.2 Å². The molecule has 1 atom stereocenters. The molecule has 21 heavy (non-hydrogen) atoms. The van der Waals surface area contributed by atoms with Gasteiger partial charge < -0.3 is 19.5 Å². The Kier molecular flexibility index (Phi) is 6.61. The predicted octanol–water partition coefficient (Wildman–Crippen LogP) is 3.41. The van der Waals surface area contributed by atoms with E-state index in [-0.39, 0.29) is 6.10 Å². The number of halogens is 1. The average molecular weight is 314 g/mol. The summed E-state index contributed by atoms with van der Waals surface area (Å²) in [7, 11) is 1.63. The average Bonchev–Trinajstić information content (AvgIpc) is 2.99. The number of hydrogen-bond donors (Lipinski definition) is 1. The molecule has 1 fully saturated rings. The number of ether oxygens (including phenoxy) is 3. The van der Waals surface area contributed by atoms with Gasteiger partial charge in [-0.05, 0) is 31.9 Å². The maximum atomic E-state index is 6.15. The third kappa shape index (κ3) is 4.77. The normalized spacial score (nSPS) is 18.0. The van der Waals surface area contributed by atoms with Crippen LogP contribution in [0, 0.1) is 0 Å². The van der Waals surface area contributed by atoms with E-state index < -0.39 is 0 Å². The second-order valence-corrected chi connectivity index (χ2v) is 5.66. The minimum Gasteiger partial charge on any atom is -0.493 e. The Morgan fingerprint density at radius 1 is 1.43 bits per heavy atom. The highest BCUT2D eigenvalue weighted by Crippen LogP contribution is 2.35. The van der Waals surface area contributed by atoms with Gasteiger partial charge in [0.25, 0.3) is 0 Å². The van der Waals surface area contributed by atoms with Crippen LogP contribution in [0.1, 0.15) is 31.7 Å². The second-order valence-electron chi connectivity index (χ2n) is 5.22. The minimum atomic E-state index is 0.182. The fourth-order valence-electron chi connectivity index (χ4n) is 2.42. The summed E-state index contributed by atoms with van der Waals surface area (Å²) in [5.41, 5.74) is 1.02. The molecule has 1 N–H and O–H groups in total. The third-order valence-corrected chi connectivity index (χ3v) is 3.71. The maximum Gasteiger partial charge on any atom is 0.165 e. The van der Waals surface area contributed by atoms with E-state index in [0.717, 1.165) is 43.7 Å². The van der Waals surface area contributed by atoms with Crippen LogP contribution in [0.3, 0.4) is 0 Å². The van der Waals surface area contributed by atoms with E-state index in [0.29, 0.717) is 23.9 Å². The van der Waals surface area contributed by atoms with Crippen LogP contribution in [0.5, 0.6) is 11.5 Å². The van der Waals surface area contributed by atoms with E-state index in [1.165, 1.54) is 0 Å². The van der Waals surface area contributed by atoms with Crippen molar-refractivity contribution in [1.29, 1.82) is 0 Å². The number of hydrogen-bond acceptors (Lipinski definition) is 4. The zero-order chi connectivity index (χ0) is 15.1. The molecule has 0 saturated carbocycles. The summed E-state index contributed by atoms with van der Waals surface area (Å²) >= 11 is 6.15. The molecular weight excluding hydrogens is 290 g/mol. The summed E-state index contributed by atoms with van der Waals surface area (Å²) < 4.78 is 17.0. The monoisotopic (exact) mass is 313 g/mol. The lowest BCUT2D eigenvalue weighted by Gasteiger charge is -2.18. The molecule has 1 heterocycles. The molecule has 0 aliphatic carbocycles. The first-order chi connectivity index (χ1) is 10.2. The Bertz CT molecular complexity index is 447. The maximum absolute atomic E-state index is 6.15. The number of benzene rings is 1. The van der Waals surface area contributed by atoms with Gasteiger partial charge in [-0.3, -0.25) is 0 Å². The molecule has 1 saturated heterocycles. The molecule has 2 rings (SSSR count). The predicted molar refractivity (Wildman–Crippen MR) is 84.5 cm³/mol. The van der Waals surface area contributed by atoms with Crippen molar-refractivity contribution in [2.75, 3.05) is 26.9 Å². The molecule has 1 aliphatic heterocycles. The van der Waals surface area contributed by atoms with Crippen LogP contribution < -0.4 is 14.8 Å². The quantitative estimate of drug-likeness (QED) is 0.747. The van der Waals surface area contributed by atoms with E-state index in [1.54, 1.807) is 13.2 Å². The van der Waals surface area contributed by atoms with Gasteiger partial charge in [0.05, 0.1) is 13.2 Å². The number of rotatable bonds is 8. The molecule has 0 radical (unpaired) electrons. The summed E-state index contributed by atoms with van der Waals surface area (Å²) in [5, 5.41) is 4.03. The van der Waals surface area contributed by atoms with Gasteiger partial charge in [-0.25, -0.2) is 0 Å². The fourth-order valence-corrected chi connectivity index (χ4v) is 2.65. The molecule has 4 nitrogen and oxygen atoms in total. The van der Waals surface area contributed by atoms with Crippen LogP contribution in [0.25, 0.3) is 0 Å². The molecule has 118 valence electrons. The van der Waals surface area contributed by atoms with Crippen molar-refractivity contribution in [2.24, 2.45) is 0 Å². The molecule has 1 aromatic rings. The largest absolute Gasteiger partial charge is 0.493 e. The van der Waals surface area contributed by atoms with Gasteiger partial charge in [0, 0.05) is 29.8 Å². The lowest BCUT2D eigenvalue weighted by atomic mass is 10.1. The molecule has 0 amide bonds. The smallest absolute Gasteiger partial charge is 0.165 e. The summed E-state index contributed by atoms with van der Waals surface area (Å²) in [6, 6.07) is 3.72. The standard InChI is InChI=1S/C16H24ClNO3/c1-3-6-18-10-12-8-13(17)9-15(19-2)16(12)21-11-14-5-4-7-20-14/h8-9,14,18H,3-7,10-11H2,1-2H3. The van der Waals surface area contributed by atoms with Crippen molar-refractivity contribution < 1.29 is 14.2 Å². The third-order valence-electron chi connectivity index (χ3n) is 3.50. The van der Waals surface area contributed by atoms with Crippen molar-refractivity contribution in [3.05, 3.63) is 22.7 Å². The zero-order valence-electron chi connectivity index (χ0n) is 12.8. The first kappa shape index (κ1) is 16.4. The topological polar surface area (TPSA) is 39.7 Å². The highest BCUT2D eigenvalue weighted by molar-refractivity contribution is 6.30. The van der Waals surface area contributed by atoms with Crippen molar-refractivity contribution in [2.45, 2.75) is 38.8 Å². The van der Waals surface area contributed by atoms with E-state index in [1.807, 2.05) is 6.07 Å². The summed E-state index contributed by atoms with van der Waals surface area (Å²) in [5.74, 6) is 1.44. The Labute approximate surface area is 131 Å². The van der Waals surface area contributed by atoms with Crippen LogP contribution in [-0.2, 0) is 11.3 Å². The first-order valence-electron chi connectivity index (χ1n) is 7.56. The van der Waals surface area contributed by atoms with Gasteiger partial charge in [-0.15, -0.1) is 0 Å². The molecule has 1 aromatic carbocycles. The van der Waals surface area contributed by atoms with Gasteiger partial charge in [0.1, 0.15) is 6.61 Å². The van der Waals surface area contributed by atoms with Crippen molar-refractivity contribution in [3.8, 4) is 11.5 Å². The molecule has 0 aromatic heterocycles. The molecule has 0 spiro atoms. The molecule has 1 aliphatic rings. The molecular formula is C16H24ClNO3. The van der Waals surface area contributed by atoms with Crippen LogP contribution in [-0.4, -0.2) is 33.0 Å². The highest BCUT2D eigenvalue weighted by atomic mass is 35.5. The fraction of sp³-hybridized carbons (Fsp3) is 0.625. The highest BCUT2D eigenvalue weighted by Gasteiger charge is 2.19. The van der Waals surface area contributed by atoms with Gasteiger partial charge in [0.2, 0.25) is 0 Å². The SMILES string of the molecule is CCCNCc1cc(Cl)cc(OC)c1OCC1CCCO1. The van der Waals surface area contributed by atoms with Crippen LogP contribution in [0.15, 0.2) is 12.1 Å². The molecule has 1 unspecified atom stereocenters. The second kappa shape index (κ2) is 8.47. The summed E-state index contributed by atoms with van der Waals surface area (Å²) in [6.07, 6.45) is 3.43. The van der Waals surface area contributed by atoms with Gasteiger partial charge in [-0.2, -0.15) is 0 Å². The lowest BCUT2D eigenvalue weighted by Crippen LogP contribution is -2.19. The molecule has 0 bridgehead atoms. The van der Waals surface area contributed by atoms with Gasteiger partial charge >= 0.3 is 0 Å². The zero-order valence-corrected chi connectivity index (χ0v) is 13.5. The van der Waals surface area contributed by atoms with E-state index in [9.17, 15) is 0 Å². The van der Waals surface area contributed by atoms with Crippen molar-refractivity contribution in [1.82, 2.24) is 5.32 Å². The van der Waals surface area contributed by atoms with Crippen molar-refractivity contribution in [3.63, 3.8) is 0 Å². The van der Waals surface area contributed by atoms with Crippen LogP contribution in [0.2, 0.25) is 5.02 Å². The Hall–Kier alpha value is -0.970. The van der Waals surface area contributed by atoms with Crippen molar-refractivity contribution >= 4 is 11.6 Å². The first-order valence-corrected chi connectivity index (χ1v) is 7.94. The lowest BCUT2D eigenvalue weighted by molar-refractivity contribution is 0.0666. The Morgan fingerprint density at radius 3 is 2.95 bits per heavy atom. The number of methoxy groups -OCH3 is 1. The van der Waals surface area contributed by atoms with Crippen LogP contribution >= 0.6 is 11.6 Å². The van der Waals surface area contributed by atoms with Crippen LogP contribution in [0.4, 0.5) is 0 Å². The number of nitrogens with one attached hydrogen (secondary N) is 1. The van der Waals surface area contributed by atoms with Gasteiger partial charge in [-0.1, -0.05) is 18.5 Å². The summed E-state index contributed by atoms with van der Waals surface area (Å²) in [4.78, 5) is 0. The summed E-state index contributed by atoms with van der Waals surface area (Å²) in [6.45, 7) is 5.20. The molecule has 5 heteroatoms.